The average molecular weight is 466 g/mol. The standard InChI is InChI=1S/C24H24ClN5O3/c1-17(21-4-2-3-11-26-21)27-22-10-5-18(16-23(22)30(32)33)24(31)29-14-12-28(13-15-29)20-8-6-19(25)7-9-20/h2-11,16-17,27H,12-15H2,1H3. The van der Waals surface area contributed by atoms with E-state index in [0.29, 0.717) is 42.5 Å². The largest absolute Gasteiger partial charge is 0.371 e. The van der Waals surface area contributed by atoms with Crippen LogP contribution < -0.4 is 10.2 Å². The Balaban J connectivity index is 1.45. The minimum atomic E-state index is -0.470. The predicted octanol–water partition coefficient (Wildman–Crippen LogP) is 4.78. The van der Waals surface area contributed by atoms with Crippen LogP contribution in [0.1, 0.15) is 29.0 Å². The minimum absolute atomic E-state index is 0.136. The molecule has 9 heteroatoms. The van der Waals surface area contributed by atoms with Crippen LogP contribution in [0.15, 0.2) is 66.9 Å². The number of hydrogen-bond donors (Lipinski definition) is 1. The molecule has 33 heavy (non-hydrogen) atoms. The van der Waals surface area contributed by atoms with E-state index in [-0.39, 0.29) is 17.6 Å². The van der Waals surface area contributed by atoms with Crippen molar-refractivity contribution in [3.8, 4) is 0 Å². The number of anilines is 2. The van der Waals surface area contributed by atoms with Crippen molar-refractivity contribution in [1.29, 1.82) is 0 Å². The molecule has 1 aliphatic heterocycles. The lowest BCUT2D eigenvalue weighted by molar-refractivity contribution is -0.384. The van der Waals surface area contributed by atoms with E-state index in [1.54, 1.807) is 23.2 Å². The third kappa shape index (κ3) is 5.23. The number of benzene rings is 2. The molecule has 0 bridgehead atoms. The zero-order valence-electron chi connectivity index (χ0n) is 18.1. The number of nitro benzene ring substituents is 1. The number of hydrogen-bond acceptors (Lipinski definition) is 6. The summed E-state index contributed by atoms with van der Waals surface area (Å²) < 4.78 is 0. The van der Waals surface area contributed by atoms with Crippen LogP contribution in [0.25, 0.3) is 0 Å². The highest BCUT2D eigenvalue weighted by Crippen LogP contribution is 2.29. The monoisotopic (exact) mass is 465 g/mol. The molecule has 4 rings (SSSR count). The lowest BCUT2D eigenvalue weighted by atomic mass is 10.1. The lowest BCUT2D eigenvalue weighted by Crippen LogP contribution is -2.48. The molecule has 3 aromatic rings. The van der Waals surface area contributed by atoms with Crippen molar-refractivity contribution in [1.82, 2.24) is 9.88 Å². The van der Waals surface area contributed by atoms with Crippen molar-refractivity contribution in [2.24, 2.45) is 0 Å². The molecule has 1 atom stereocenters. The number of amides is 1. The van der Waals surface area contributed by atoms with Crippen molar-refractivity contribution in [3.05, 3.63) is 93.3 Å². The van der Waals surface area contributed by atoms with Gasteiger partial charge in [-0.05, 0) is 55.5 Å². The maximum atomic E-state index is 13.1. The van der Waals surface area contributed by atoms with Gasteiger partial charge in [-0.1, -0.05) is 17.7 Å². The van der Waals surface area contributed by atoms with Gasteiger partial charge in [0.1, 0.15) is 5.69 Å². The second-order valence-electron chi connectivity index (χ2n) is 7.87. The Hall–Kier alpha value is -3.65. The van der Waals surface area contributed by atoms with E-state index in [9.17, 15) is 14.9 Å². The van der Waals surface area contributed by atoms with Crippen molar-refractivity contribution >= 4 is 34.6 Å². The van der Waals surface area contributed by atoms with Gasteiger partial charge in [-0.2, -0.15) is 0 Å². The first-order valence-corrected chi connectivity index (χ1v) is 11.1. The number of aromatic nitrogens is 1. The number of halogens is 1. The number of carbonyl (C=O) groups is 1. The summed E-state index contributed by atoms with van der Waals surface area (Å²) in [6.45, 7) is 4.30. The van der Waals surface area contributed by atoms with E-state index in [2.05, 4.69) is 15.2 Å². The molecule has 1 saturated heterocycles. The fourth-order valence-corrected chi connectivity index (χ4v) is 4.01. The van der Waals surface area contributed by atoms with E-state index >= 15 is 0 Å². The van der Waals surface area contributed by atoms with Crippen LogP contribution in [0.5, 0.6) is 0 Å². The Morgan fingerprint density at radius 1 is 1.09 bits per heavy atom. The Labute approximate surface area is 197 Å². The van der Waals surface area contributed by atoms with Gasteiger partial charge < -0.3 is 15.1 Å². The van der Waals surface area contributed by atoms with Crippen LogP contribution in [0, 0.1) is 10.1 Å². The van der Waals surface area contributed by atoms with Crippen molar-refractivity contribution in [2.45, 2.75) is 13.0 Å². The highest BCUT2D eigenvalue weighted by molar-refractivity contribution is 6.30. The molecule has 1 aromatic heterocycles. The zero-order chi connectivity index (χ0) is 23.4. The predicted molar refractivity (Wildman–Crippen MR) is 129 cm³/mol. The van der Waals surface area contributed by atoms with Gasteiger partial charge in [-0.3, -0.25) is 19.9 Å². The number of rotatable bonds is 6. The summed E-state index contributed by atoms with van der Waals surface area (Å²) in [5.74, 6) is -0.210. The van der Waals surface area contributed by atoms with E-state index in [1.807, 2.05) is 49.4 Å². The smallest absolute Gasteiger partial charge is 0.293 e. The molecule has 1 aliphatic rings. The zero-order valence-corrected chi connectivity index (χ0v) is 18.9. The second-order valence-corrected chi connectivity index (χ2v) is 8.30. The highest BCUT2D eigenvalue weighted by Gasteiger charge is 2.25. The van der Waals surface area contributed by atoms with Crippen molar-refractivity contribution in [2.75, 3.05) is 36.4 Å². The molecule has 0 saturated carbocycles. The lowest BCUT2D eigenvalue weighted by Gasteiger charge is -2.36. The summed E-state index contributed by atoms with van der Waals surface area (Å²) in [5, 5.41) is 15.5. The van der Waals surface area contributed by atoms with Gasteiger partial charge in [0.2, 0.25) is 0 Å². The number of nitrogens with one attached hydrogen (secondary N) is 1. The Morgan fingerprint density at radius 3 is 2.45 bits per heavy atom. The van der Waals surface area contributed by atoms with Gasteiger partial charge in [0, 0.05) is 54.7 Å². The van der Waals surface area contributed by atoms with Crippen LogP contribution in [-0.4, -0.2) is 46.9 Å². The molecule has 0 radical (unpaired) electrons. The number of nitro groups is 1. The second kappa shape index (κ2) is 9.87. The molecule has 2 heterocycles. The minimum Gasteiger partial charge on any atom is -0.371 e. The summed E-state index contributed by atoms with van der Waals surface area (Å²) in [6.07, 6.45) is 1.68. The van der Waals surface area contributed by atoms with E-state index < -0.39 is 4.92 Å². The van der Waals surface area contributed by atoms with Crippen molar-refractivity contribution < 1.29 is 9.72 Å². The molecule has 1 fully saturated rings. The van der Waals surface area contributed by atoms with Gasteiger partial charge in [0.25, 0.3) is 11.6 Å². The molecule has 0 aliphatic carbocycles. The summed E-state index contributed by atoms with van der Waals surface area (Å²) in [5.41, 5.74) is 2.34. The summed E-state index contributed by atoms with van der Waals surface area (Å²) in [4.78, 5) is 32.5. The molecule has 0 spiro atoms. The molecule has 1 unspecified atom stereocenters. The fourth-order valence-electron chi connectivity index (χ4n) is 3.88. The summed E-state index contributed by atoms with van der Waals surface area (Å²) >= 11 is 5.96. The Bertz CT molecular complexity index is 1130. The summed E-state index contributed by atoms with van der Waals surface area (Å²) in [6, 6.07) is 17.5. The number of nitrogens with zero attached hydrogens (tertiary/aromatic N) is 4. The average Bonchev–Trinajstić information content (AvgIpc) is 2.85. The normalized spacial score (nSPS) is 14.6. The van der Waals surface area contributed by atoms with E-state index in [1.165, 1.54) is 6.07 Å². The quantitative estimate of drug-likeness (QED) is 0.416. The van der Waals surface area contributed by atoms with Crippen LogP contribution in [0.4, 0.5) is 17.1 Å². The number of carbonyl (C=O) groups excluding carboxylic acids is 1. The third-order valence-electron chi connectivity index (χ3n) is 5.70. The fraction of sp³-hybridized carbons (Fsp3) is 0.250. The third-order valence-corrected chi connectivity index (χ3v) is 5.96. The van der Waals surface area contributed by atoms with E-state index in [4.69, 9.17) is 11.6 Å². The molecule has 1 N–H and O–H groups in total. The van der Waals surface area contributed by atoms with Gasteiger partial charge in [-0.25, -0.2) is 0 Å². The topological polar surface area (TPSA) is 91.6 Å². The van der Waals surface area contributed by atoms with Gasteiger partial charge in [-0.15, -0.1) is 0 Å². The van der Waals surface area contributed by atoms with Crippen LogP contribution in [-0.2, 0) is 0 Å². The van der Waals surface area contributed by atoms with Crippen LogP contribution >= 0.6 is 11.6 Å². The maximum Gasteiger partial charge on any atom is 0.293 e. The number of piperazine rings is 1. The Morgan fingerprint density at radius 2 is 1.82 bits per heavy atom. The highest BCUT2D eigenvalue weighted by atomic mass is 35.5. The molecular formula is C24H24ClN5O3. The van der Waals surface area contributed by atoms with Gasteiger partial charge in [0.15, 0.2) is 0 Å². The first-order valence-electron chi connectivity index (χ1n) is 10.7. The first kappa shape index (κ1) is 22.5. The van der Waals surface area contributed by atoms with E-state index in [0.717, 1.165) is 11.4 Å². The van der Waals surface area contributed by atoms with Crippen LogP contribution in [0.2, 0.25) is 5.02 Å². The SMILES string of the molecule is CC(Nc1ccc(C(=O)N2CCN(c3ccc(Cl)cc3)CC2)cc1[N+](=O)[O-])c1ccccn1. The van der Waals surface area contributed by atoms with Gasteiger partial charge >= 0.3 is 0 Å². The van der Waals surface area contributed by atoms with Crippen molar-refractivity contribution in [3.63, 3.8) is 0 Å². The molecule has 8 nitrogen and oxygen atoms in total. The van der Waals surface area contributed by atoms with Gasteiger partial charge in [0.05, 0.1) is 16.7 Å². The molecule has 2 aromatic carbocycles. The molecule has 1 amide bonds. The Kier molecular flexibility index (Phi) is 6.74. The molecule has 170 valence electrons. The van der Waals surface area contributed by atoms with Crippen LogP contribution in [0.3, 0.4) is 0 Å². The molecular weight excluding hydrogens is 442 g/mol. The number of pyridine rings is 1. The maximum absolute atomic E-state index is 13.1. The summed E-state index contributed by atoms with van der Waals surface area (Å²) in [7, 11) is 0. The first-order chi connectivity index (χ1) is 15.9.